The molecule has 1 aliphatic heterocycles. The number of fused-ring (bicyclic) bond motifs is 1. The summed E-state index contributed by atoms with van der Waals surface area (Å²) >= 11 is 0. The molecule has 4 rings (SSSR count). The number of ether oxygens (including phenoxy) is 2. The summed E-state index contributed by atoms with van der Waals surface area (Å²) in [5, 5.41) is 3.02. The number of nitrogens with zero attached hydrogens (tertiary/aromatic N) is 1. The Morgan fingerprint density at radius 2 is 1.82 bits per heavy atom. The third kappa shape index (κ3) is 5.64. The van der Waals surface area contributed by atoms with Crippen LogP contribution in [0.15, 0.2) is 84.6 Å². The number of carbonyl (C=O) groups excluding carboxylic acids is 2. The lowest BCUT2D eigenvalue weighted by Crippen LogP contribution is -2.46. The van der Waals surface area contributed by atoms with Gasteiger partial charge in [-0.2, -0.15) is 0 Å². The molecule has 1 N–H and O–H groups in total. The number of amides is 2. The Bertz CT molecular complexity index is 1190. The second-order valence-electron chi connectivity index (χ2n) is 8.24. The van der Waals surface area contributed by atoms with Gasteiger partial charge in [0.1, 0.15) is 12.3 Å². The van der Waals surface area contributed by atoms with Gasteiger partial charge in [-0.1, -0.05) is 54.6 Å². The molecule has 0 bridgehead atoms. The fraction of sp³-hybridized carbons (Fsp3) is 0.214. The fourth-order valence-electron chi connectivity index (χ4n) is 3.87. The number of aryl methyl sites for hydroxylation is 1. The van der Waals surface area contributed by atoms with Gasteiger partial charge in [-0.15, -0.1) is 0 Å². The van der Waals surface area contributed by atoms with E-state index in [1.54, 1.807) is 25.3 Å². The van der Waals surface area contributed by atoms with Crippen LogP contribution >= 0.6 is 0 Å². The average molecular weight is 457 g/mol. The molecule has 0 spiro atoms. The lowest BCUT2D eigenvalue weighted by Gasteiger charge is -2.30. The van der Waals surface area contributed by atoms with E-state index in [-0.39, 0.29) is 30.2 Å². The molecule has 0 saturated heterocycles. The number of benzene rings is 3. The van der Waals surface area contributed by atoms with Crippen LogP contribution in [0.2, 0.25) is 0 Å². The Morgan fingerprint density at radius 1 is 1.06 bits per heavy atom. The van der Waals surface area contributed by atoms with E-state index < -0.39 is 0 Å². The van der Waals surface area contributed by atoms with Crippen LogP contribution in [-0.2, 0) is 16.0 Å². The summed E-state index contributed by atoms with van der Waals surface area (Å²) in [7, 11) is 1.59. The first-order valence-electron chi connectivity index (χ1n) is 11.3. The number of hydrogen-bond donors (Lipinski definition) is 1. The molecule has 1 atom stereocenters. The minimum Gasteiger partial charge on any atom is -0.497 e. The first kappa shape index (κ1) is 23.1. The van der Waals surface area contributed by atoms with Crippen molar-refractivity contribution in [3.8, 4) is 11.5 Å². The van der Waals surface area contributed by atoms with Crippen LogP contribution in [0.3, 0.4) is 0 Å². The van der Waals surface area contributed by atoms with E-state index in [4.69, 9.17) is 9.47 Å². The van der Waals surface area contributed by atoms with E-state index in [2.05, 4.69) is 17.4 Å². The largest absolute Gasteiger partial charge is 0.497 e. The Balaban J connectivity index is 1.47. The highest BCUT2D eigenvalue weighted by Crippen LogP contribution is 2.35. The summed E-state index contributed by atoms with van der Waals surface area (Å²) in [6.07, 6.45) is 3.34. The van der Waals surface area contributed by atoms with Gasteiger partial charge in [-0.05, 0) is 61.2 Å². The van der Waals surface area contributed by atoms with Crippen molar-refractivity contribution in [2.45, 2.75) is 25.8 Å². The van der Waals surface area contributed by atoms with Crippen molar-refractivity contribution >= 4 is 23.6 Å². The zero-order chi connectivity index (χ0) is 23.9. The third-order valence-electron chi connectivity index (χ3n) is 5.64. The molecule has 3 aromatic rings. The van der Waals surface area contributed by atoms with E-state index in [9.17, 15) is 9.59 Å². The van der Waals surface area contributed by atoms with Crippen molar-refractivity contribution in [3.63, 3.8) is 0 Å². The standard InChI is InChI=1S/C28H28N2O4/c1-20(15-16-21-9-4-3-5-10-21)29-27(31)19-30-24-13-6-7-14-25(24)34-26(28(30)32)18-22-11-8-12-23(17-22)33-2/h3-14,17-18,20H,15-16,19H2,1-2H3,(H,29,31)/b26-18-/t20-/m1/s1. The van der Waals surface area contributed by atoms with Gasteiger partial charge in [-0.3, -0.25) is 14.5 Å². The van der Waals surface area contributed by atoms with E-state index in [1.807, 2.05) is 61.5 Å². The van der Waals surface area contributed by atoms with Gasteiger partial charge in [0.25, 0.3) is 5.91 Å². The van der Waals surface area contributed by atoms with Crippen molar-refractivity contribution in [2.75, 3.05) is 18.6 Å². The summed E-state index contributed by atoms with van der Waals surface area (Å²) in [6.45, 7) is 1.88. The molecule has 0 aliphatic carbocycles. The molecule has 0 unspecified atom stereocenters. The number of hydrogen-bond acceptors (Lipinski definition) is 4. The molecule has 3 aromatic carbocycles. The van der Waals surface area contributed by atoms with Gasteiger partial charge in [0.05, 0.1) is 12.8 Å². The zero-order valence-corrected chi connectivity index (χ0v) is 19.4. The Kier molecular flexibility index (Phi) is 7.28. The summed E-state index contributed by atoms with van der Waals surface area (Å²) < 4.78 is 11.2. The summed E-state index contributed by atoms with van der Waals surface area (Å²) in [5.74, 6) is 0.775. The average Bonchev–Trinajstić information content (AvgIpc) is 2.86. The molecule has 1 heterocycles. The summed E-state index contributed by atoms with van der Waals surface area (Å²) in [5.41, 5.74) is 2.57. The second kappa shape index (κ2) is 10.7. The zero-order valence-electron chi connectivity index (χ0n) is 19.4. The van der Waals surface area contributed by atoms with Gasteiger partial charge in [-0.25, -0.2) is 0 Å². The highest BCUT2D eigenvalue weighted by Gasteiger charge is 2.31. The molecule has 34 heavy (non-hydrogen) atoms. The van der Waals surface area contributed by atoms with Crippen molar-refractivity contribution in [1.29, 1.82) is 0 Å². The monoisotopic (exact) mass is 456 g/mol. The first-order valence-corrected chi connectivity index (χ1v) is 11.3. The minimum absolute atomic E-state index is 0.0223. The number of para-hydroxylation sites is 2. The van der Waals surface area contributed by atoms with Gasteiger partial charge in [0.15, 0.2) is 11.5 Å². The van der Waals surface area contributed by atoms with Crippen molar-refractivity contribution < 1.29 is 19.1 Å². The number of carbonyl (C=O) groups is 2. The van der Waals surface area contributed by atoms with Gasteiger partial charge in [0, 0.05) is 6.04 Å². The normalized spacial score (nSPS) is 14.8. The summed E-state index contributed by atoms with van der Waals surface area (Å²) in [6, 6.07) is 24.7. The Labute approximate surface area is 199 Å². The quantitative estimate of drug-likeness (QED) is 0.503. The topological polar surface area (TPSA) is 67.9 Å². The molecular formula is C28H28N2O4. The van der Waals surface area contributed by atoms with Crippen molar-refractivity contribution in [1.82, 2.24) is 5.32 Å². The van der Waals surface area contributed by atoms with Gasteiger partial charge in [0.2, 0.25) is 5.91 Å². The maximum absolute atomic E-state index is 13.3. The lowest BCUT2D eigenvalue weighted by molar-refractivity contribution is -0.123. The molecule has 0 aromatic heterocycles. The van der Waals surface area contributed by atoms with Crippen LogP contribution in [0.4, 0.5) is 5.69 Å². The van der Waals surface area contributed by atoms with Gasteiger partial charge < -0.3 is 14.8 Å². The molecule has 2 amide bonds. The maximum Gasteiger partial charge on any atom is 0.294 e. The van der Waals surface area contributed by atoms with E-state index in [0.717, 1.165) is 18.4 Å². The SMILES string of the molecule is COc1cccc(/C=C2\Oc3ccccc3N(CC(=O)N[C@H](C)CCc3ccccc3)C2=O)c1. The van der Waals surface area contributed by atoms with Crippen LogP contribution in [0.1, 0.15) is 24.5 Å². The van der Waals surface area contributed by atoms with Crippen molar-refractivity contribution in [2.24, 2.45) is 0 Å². The van der Waals surface area contributed by atoms with Crippen LogP contribution in [-0.4, -0.2) is 31.5 Å². The molecule has 0 radical (unpaired) electrons. The molecule has 6 nitrogen and oxygen atoms in total. The highest BCUT2D eigenvalue weighted by molar-refractivity contribution is 6.12. The summed E-state index contributed by atoms with van der Waals surface area (Å²) in [4.78, 5) is 27.6. The number of nitrogens with one attached hydrogen (secondary N) is 1. The molecule has 6 heteroatoms. The minimum atomic E-state index is -0.367. The fourth-order valence-corrected chi connectivity index (χ4v) is 3.87. The smallest absolute Gasteiger partial charge is 0.294 e. The molecule has 0 fully saturated rings. The Morgan fingerprint density at radius 3 is 2.62 bits per heavy atom. The first-order chi connectivity index (χ1) is 16.5. The number of rotatable bonds is 8. The van der Waals surface area contributed by atoms with E-state index >= 15 is 0 Å². The molecular weight excluding hydrogens is 428 g/mol. The number of anilines is 1. The molecule has 0 saturated carbocycles. The third-order valence-corrected chi connectivity index (χ3v) is 5.64. The van der Waals surface area contributed by atoms with Crippen LogP contribution in [0, 0.1) is 0 Å². The second-order valence-corrected chi connectivity index (χ2v) is 8.24. The van der Waals surface area contributed by atoms with E-state index in [0.29, 0.717) is 17.2 Å². The van der Waals surface area contributed by atoms with Gasteiger partial charge >= 0.3 is 0 Å². The maximum atomic E-state index is 13.3. The van der Waals surface area contributed by atoms with Crippen LogP contribution in [0.5, 0.6) is 11.5 Å². The molecule has 174 valence electrons. The van der Waals surface area contributed by atoms with E-state index in [1.165, 1.54) is 10.5 Å². The lowest BCUT2D eigenvalue weighted by atomic mass is 10.1. The number of methoxy groups -OCH3 is 1. The predicted molar refractivity (Wildman–Crippen MR) is 133 cm³/mol. The van der Waals surface area contributed by atoms with Crippen molar-refractivity contribution in [3.05, 3.63) is 95.7 Å². The van der Waals surface area contributed by atoms with Crippen LogP contribution < -0.4 is 19.7 Å². The predicted octanol–water partition coefficient (Wildman–Crippen LogP) is 4.60. The highest BCUT2D eigenvalue weighted by atomic mass is 16.5. The molecule has 1 aliphatic rings. The Hall–Kier alpha value is -4.06. The van der Waals surface area contributed by atoms with Crippen LogP contribution in [0.25, 0.3) is 6.08 Å².